The molecule has 1 N–H and O–H groups in total. The van der Waals surface area contributed by atoms with Crippen molar-refractivity contribution in [1.29, 1.82) is 0 Å². The molecule has 1 aromatic heterocycles. The van der Waals surface area contributed by atoms with Crippen molar-refractivity contribution in [3.8, 4) is 11.1 Å². The Morgan fingerprint density at radius 2 is 1.27 bits per heavy atom. The van der Waals surface area contributed by atoms with E-state index in [-0.39, 0.29) is 17.9 Å². The number of carbonyl (C=O) groups excluding carboxylic acids is 2. The molecule has 0 saturated carbocycles. The smallest absolute Gasteiger partial charge is 0.431 e. The van der Waals surface area contributed by atoms with Gasteiger partial charge in [-0.25, -0.2) is 14.6 Å². The Bertz CT molecular complexity index is 2370. The van der Waals surface area contributed by atoms with E-state index in [1.165, 1.54) is 0 Å². The zero-order valence-electron chi connectivity index (χ0n) is 34.4. The highest BCUT2D eigenvalue weighted by Crippen LogP contribution is 2.58. The minimum absolute atomic E-state index is 0.0687. The van der Waals surface area contributed by atoms with E-state index in [1.54, 1.807) is 32.3 Å². The van der Waals surface area contributed by atoms with Gasteiger partial charge in [-0.3, -0.25) is 0 Å². The molecule has 5 aromatic carbocycles. The van der Waals surface area contributed by atoms with Crippen LogP contribution in [0.25, 0.3) is 11.1 Å². The van der Waals surface area contributed by atoms with Crippen LogP contribution in [0, 0.1) is 0 Å². The second kappa shape index (κ2) is 17.6. The first-order chi connectivity index (χ1) is 29.0. The number of ether oxygens (including phenoxy) is 3. The van der Waals surface area contributed by atoms with Gasteiger partial charge < -0.3 is 23.9 Å². The monoisotopic (exact) mass is 804 g/mol. The highest BCUT2D eigenvalue weighted by Gasteiger charge is 2.60. The Labute approximate surface area is 349 Å². The first-order valence-electron chi connectivity index (χ1n) is 20.0. The molecule has 1 aliphatic rings. The van der Waals surface area contributed by atoms with Crippen LogP contribution >= 0.6 is 0 Å². The number of imidazole rings is 1. The van der Waals surface area contributed by atoms with E-state index in [9.17, 15) is 14.7 Å². The summed E-state index contributed by atoms with van der Waals surface area (Å²) in [5, 5.41) is 29.6. The van der Waals surface area contributed by atoms with Crippen LogP contribution in [0.15, 0.2) is 160 Å². The number of aliphatic hydroxyl groups is 1. The SMILES string of the molecule is CCCc1nc(C(C)(C)O)c(C(=O)OCOC(=O)OC(C)C)n1Cc1ccc(-c2ccccc2C2(C(c3ccccc3)(c3ccccc3)c3ccccc3)N=NN=N2)cc1. The Kier molecular flexibility index (Phi) is 12.1. The van der Waals surface area contributed by atoms with Crippen LogP contribution in [-0.2, 0) is 43.9 Å². The molecule has 0 bridgehead atoms. The first-order valence-corrected chi connectivity index (χ1v) is 20.0. The predicted molar refractivity (Wildman–Crippen MR) is 226 cm³/mol. The van der Waals surface area contributed by atoms with E-state index in [4.69, 9.17) is 29.4 Å². The first kappa shape index (κ1) is 41.4. The fourth-order valence-electron chi connectivity index (χ4n) is 7.97. The van der Waals surface area contributed by atoms with Crippen molar-refractivity contribution >= 4 is 12.1 Å². The summed E-state index contributed by atoms with van der Waals surface area (Å²) in [6.07, 6.45) is -0.0860. The molecule has 306 valence electrons. The van der Waals surface area contributed by atoms with Crippen LogP contribution in [0.3, 0.4) is 0 Å². The molecule has 7 rings (SSSR count). The molecular weight excluding hydrogens is 757 g/mol. The summed E-state index contributed by atoms with van der Waals surface area (Å²) in [7, 11) is 0. The van der Waals surface area contributed by atoms with E-state index in [2.05, 4.69) is 52.9 Å². The Hall–Kier alpha value is -6.79. The average Bonchev–Trinajstić information content (AvgIpc) is 3.89. The minimum atomic E-state index is -1.48. The predicted octanol–water partition coefficient (Wildman–Crippen LogP) is 10.5. The molecule has 0 saturated heterocycles. The molecular formula is C48H48N6O6. The molecule has 6 aromatic rings. The summed E-state index contributed by atoms with van der Waals surface area (Å²) in [6, 6.07) is 46.9. The molecule has 1 aliphatic heterocycles. The van der Waals surface area contributed by atoms with E-state index < -0.39 is 41.7 Å². The summed E-state index contributed by atoms with van der Waals surface area (Å²) in [6.45, 7) is 8.08. The number of hydrogen-bond donors (Lipinski definition) is 1. The fraction of sp³-hybridized carbons (Fsp3) is 0.271. The van der Waals surface area contributed by atoms with Gasteiger partial charge in [0.05, 0.1) is 11.5 Å². The van der Waals surface area contributed by atoms with Gasteiger partial charge in [0.15, 0.2) is 5.69 Å². The summed E-state index contributed by atoms with van der Waals surface area (Å²) in [5.41, 5.74) is 2.74. The van der Waals surface area contributed by atoms with Gasteiger partial charge in [0, 0.05) is 18.5 Å². The molecule has 12 nitrogen and oxygen atoms in total. The third-order valence-corrected chi connectivity index (χ3v) is 10.5. The standard InChI is InChI=1S/C48H48N6O6/c1-6-18-41-49-43(46(4,5)57)42(44(55)58-32-59-45(56)60-33(2)3)54(41)31-34-27-29-35(30-28-34)39-25-16-17-26-40(39)48(50-52-53-51-48)47(36-19-10-7-11-20-36,37-21-12-8-13-22-37)38-23-14-9-15-24-38/h7-17,19-30,33,57H,6,18,31-32H2,1-5H3. The molecule has 0 fully saturated rings. The maximum atomic E-state index is 13.7. The zero-order valence-corrected chi connectivity index (χ0v) is 34.4. The number of nitrogens with zero attached hydrogens (tertiary/aromatic N) is 6. The lowest BCUT2D eigenvalue weighted by Crippen LogP contribution is -2.48. The van der Waals surface area contributed by atoms with E-state index in [1.807, 2.05) is 104 Å². The highest BCUT2D eigenvalue weighted by molar-refractivity contribution is 5.89. The lowest BCUT2D eigenvalue weighted by Gasteiger charge is -2.45. The lowest BCUT2D eigenvalue weighted by molar-refractivity contribution is -0.0355. The number of aromatic nitrogens is 2. The van der Waals surface area contributed by atoms with Crippen molar-refractivity contribution in [2.24, 2.45) is 20.7 Å². The van der Waals surface area contributed by atoms with Crippen LogP contribution < -0.4 is 0 Å². The van der Waals surface area contributed by atoms with Gasteiger partial charge in [-0.1, -0.05) is 146 Å². The summed E-state index contributed by atoms with van der Waals surface area (Å²) < 4.78 is 17.1. The van der Waals surface area contributed by atoms with E-state index in [0.717, 1.165) is 45.4 Å². The number of aryl methyl sites for hydroxylation is 1. The van der Waals surface area contributed by atoms with Gasteiger partial charge in [0.25, 0.3) is 0 Å². The normalized spacial score (nSPS) is 13.4. The Balaban J connectivity index is 1.31. The molecule has 0 aliphatic carbocycles. The van der Waals surface area contributed by atoms with Crippen molar-refractivity contribution in [2.75, 3.05) is 6.79 Å². The highest BCUT2D eigenvalue weighted by atomic mass is 16.8. The van der Waals surface area contributed by atoms with E-state index in [0.29, 0.717) is 12.2 Å². The van der Waals surface area contributed by atoms with Crippen LogP contribution in [0.1, 0.15) is 90.9 Å². The Morgan fingerprint density at radius 3 is 1.78 bits per heavy atom. The number of esters is 1. The molecule has 0 unspecified atom stereocenters. The molecule has 0 radical (unpaired) electrons. The van der Waals surface area contributed by atoms with Crippen molar-refractivity contribution < 1.29 is 28.9 Å². The van der Waals surface area contributed by atoms with Crippen LogP contribution in [-0.4, -0.2) is 39.7 Å². The summed E-state index contributed by atoms with van der Waals surface area (Å²) in [4.78, 5) is 30.4. The second-order valence-electron chi connectivity index (χ2n) is 15.4. The number of rotatable bonds is 15. The third-order valence-electron chi connectivity index (χ3n) is 10.5. The molecule has 2 heterocycles. The summed E-state index contributed by atoms with van der Waals surface area (Å²) in [5.74, 6) is -0.192. The number of carbonyl (C=O) groups is 2. The molecule has 0 spiro atoms. The molecule has 60 heavy (non-hydrogen) atoms. The van der Waals surface area contributed by atoms with Crippen LogP contribution in [0.2, 0.25) is 0 Å². The van der Waals surface area contributed by atoms with Crippen molar-refractivity contribution in [1.82, 2.24) is 9.55 Å². The number of benzene rings is 5. The Morgan fingerprint density at radius 1 is 0.733 bits per heavy atom. The quantitative estimate of drug-likeness (QED) is 0.0617. The zero-order chi connectivity index (χ0) is 42.3. The topological polar surface area (TPSA) is 149 Å². The largest absolute Gasteiger partial charge is 0.511 e. The van der Waals surface area contributed by atoms with Crippen LogP contribution in [0.5, 0.6) is 0 Å². The summed E-state index contributed by atoms with van der Waals surface area (Å²) >= 11 is 0. The lowest BCUT2D eigenvalue weighted by atomic mass is 9.59. The van der Waals surface area contributed by atoms with Gasteiger partial charge >= 0.3 is 12.1 Å². The maximum Gasteiger partial charge on any atom is 0.511 e. The maximum absolute atomic E-state index is 13.7. The van der Waals surface area contributed by atoms with Gasteiger partial charge in [0.2, 0.25) is 12.5 Å². The molecule has 0 amide bonds. The second-order valence-corrected chi connectivity index (χ2v) is 15.4. The van der Waals surface area contributed by atoms with Crippen molar-refractivity contribution in [2.45, 2.75) is 76.8 Å². The van der Waals surface area contributed by atoms with Crippen molar-refractivity contribution in [3.05, 3.63) is 185 Å². The van der Waals surface area contributed by atoms with Gasteiger partial charge in [-0.05, 0) is 77.9 Å². The van der Waals surface area contributed by atoms with Gasteiger partial charge in [0.1, 0.15) is 17.1 Å². The molecule has 0 atom stereocenters. The van der Waals surface area contributed by atoms with E-state index >= 15 is 0 Å². The minimum Gasteiger partial charge on any atom is -0.431 e. The van der Waals surface area contributed by atoms with Crippen molar-refractivity contribution in [3.63, 3.8) is 0 Å². The molecule has 12 heteroatoms. The number of hydrogen-bond acceptors (Lipinski definition) is 11. The third kappa shape index (κ3) is 7.98. The average molecular weight is 805 g/mol. The fourth-order valence-corrected chi connectivity index (χ4v) is 7.97. The van der Waals surface area contributed by atoms with Crippen LogP contribution in [0.4, 0.5) is 4.79 Å². The van der Waals surface area contributed by atoms with Gasteiger partial charge in [-0.15, -0.1) is 10.2 Å². The van der Waals surface area contributed by atoms with Gasteiger partial charge in [-0.2, -0.15) is 0 Å².